The smallest absolute Gasteiger partial charge is 0.137 e. The predicted octanol–water partition coefficient (Wildman–Crippen LogP) is 4.50. The first-order valence-electron chi connectivity index (χ1n) is 10.5. The highest BCUT2D eigenvalue weighted by molar-refractivity contribution is 6.16. The van der Waals surface area contributed by atoms with E-state index in [-0.39, 0.29) is 11.1 Å². The number of aromatic amines is 2. The number of para-hydroxylation sites is 2. The fraction of sp³-hybridized carbons (Fsp3) is 0.0714. The van der Waals surface area contributed by atoms with E-state index in [4.69, 9.17) is 21.0 Å². The number of hydrogen-bond donors (Lipinski definition) is 2. The minimum absolute atomic E-state index is 0.0256. The van der Waals surface area contributed by atoms with Gasteiger partial charge in [-0.05, 0) is 49.2 Å². The van der Waals surface area contributed by atoms with Gasteiger partial charge in [-0.1, -0.05) is 36.4 Å². The Bertz CT molecular complexity index is 1700. The van der Waals surface area contributed by atoms with Crippen molar-refractivity contribution in [1.82, 2.24) is 9.97 Å². The maximum atomic E-state index is 8.85. The summed E-state index contributed by atoms with van der Waals surface area (Å²) >= 11 is 0. The number of H-pyrrole nitrogens is 2. The highest BCUT2D eigenvalue weighted by atomic mass is 14.8. The third kappa shape index (κ3) is 3.74. The van der Waals surface area contributed by atoms with Gasteiger partial charge >= 0.3 is 0 Å². The Hall–Kier alpha value is -5.30. The van der Waals surface area contributed by atoms with Crippen molar-refractivity contribution in [2.75, 3.05) is 0 Å². The summed E-state index contributed by atoms with van der Waals surface area (Å²) in [5.74, 6) is 0. The topological polar surface area (TPSA) is 127 Å². The third-order valence-electron chi connectivity index (χ3n) is 5.72. The molecule has 0 atom stereocenters. The number of nitrogens with zero attached hydrogens (tertiary/aromatic N) is 4. The second kappa shape index (κ2) is 9.05. The van der Waals surface area contributed by atoms with E-state index >= 15 is 0 Å². The minimum atomic E-state index is 0.0256. The highest BCUT2D eigenvalue weighted by Crippen LogP contribution is 2.30. The van der Waals surface area contributed by atoms with Crippen LogP contribution in [0.3, 0.4) is 0 Å². The van der Waals surface area contributed by atoms with E-state index in [1.54, 1.807) is 26.0 Å². The molecule has 0 spiro atoms. The summed E-state index contributed by atoms with van der Waals surface area (Å²) in [6, 6.07) is 27.4. The van der Waals surface area contributed by atoms with E-state index in [0.717, 1.165) is 0 Å². The van der Waals surface area contributed by atoms with Crippen molar-refractivity contribution >= 4 is 44.0 Å². The molecule has 6 nitrogen and oxygen atoms in total. The molecule has 3 aromatic carbocycles. The van der Waals surface area contributed by atoms with Crippen LogP contribution in [0.15, 0.2) is 60.7 Å². The van der Waals surface area contributed by atoms with Crippen LogP contribution in [0.25, 0.3) is 44.0 Å². The van der Waals surface area contributed by atoms with Crippen molar-refractivity contribution in [1.29, 1.82) is 21.0 Å². The maximum Gasteiger partial charge on any atom is 0.137 e. The first-order valence-corrected chi connectivity index (χ1v) is 10.5. The first-order chi connectivity index (χ1) is 16.5. The molecular weight excluding hydrogens is 420 g/mol. The van der Waals surface area contributed by atoms with E-state index in [1.807, 2.05) is 24.3 Å². The van der Waals surface area contributed by atoms with Crippen molar-refractivity contribution in [2.45, 2.75) is 13.8 Å². The van der Waals surface area contributed by atoms with Gasteiger partial charge in [0.15, 0.2) is 0 Å². The number of hydrogen-bond acceptors (Lipinski definition) is 4. The van der Waals surface area contributed by atoms with Crippen LogP contribution >= 0.6 is 0 Å². The molecule has 6 heteroatoms. The first kappa shape index (κ1) is 21.9. The van der Waals surface area contributed by atoms with Crippen LogP contribution in [0, 0.1) is 59.2 Å². The van der Waals surface area contributed by atoms with Crippen LogP contribution in [0.4, 0.5) is 0 Å². The number of aryl methyl sites for hydroxylation is 2. The highest BCUT2D eigenvalue weighted by Gasteiger charge is 2.09. The molecule has 0 unspecified atom stereocenters. The molecule has 0 saturated carbocycles. The molecule has 2 aromatic heterocycles. The van der Waals surface area contributed by atoms with Crippen LogP contribution < -0.4 is 10.4 Å². The molecule has 0 bridgehead atoms. The zero-order valence-corrected chi connectivity index (χ0v) is 18.6. The molecule has 2 heterocycles. The molecule has 0 amide bonds. The fourth-order valence-electron chi connectivity index (χ4n) is 4.06. The Morgan fingerprint density at radius 2 is 0.941 bits per heavy atom. The van der Waals surface area contributed by atoms with Crippen LogP contribution in [0.1, 0.15) is 11.1 Å². The summed E-state index contributed by atoms with van der Waals surface area (Å²) in [5.41, 5.74) is 6.22. The summed E-state index contributed by atoms with van der Waals surface area (Å²) < 4.78 is 0. The third-order valence-corrected chi connectivity index (χ3v) is 5.72. The normalized spacial score (nSPS) is 9.94. The van der Waals surface area contributed by atoms with E-state index in [0.29, 0.717) is 21.6 Å². The van der Waals surface area contributed by atoms with E-state index < -0.39 is 0 Å². The molecule has 0 aliphatic rings. The summed E-state index contributed by atoms with van der Waals surface area (Å²) in [5, 5.41) is 39.0. The van der Waals surface area contributed by atoms with Gasteiger partial charge in [0.05, 0.1) is 11.0 Å². The molecule has 0 radical (unpaired) electrons. The average Bonchev–Trinajstić information content (AvgIpc) is 3.40. The molecule has 0 aliphatic heterocycles. The number of benzene rings is 3. The quantitative estimate of drug-likeness (QED) is 0.369. The van der Waals surface area contributed by atoms with E-state index in [2.05, 4.69) is 58.5 Å². The van der Waals surface area contributed by atoms with Crippen LogP contribution in [-0.2, 0) is 0 Å². The SMILES string of the molecule is Cc1cc(=C(C#N)C#N)c(C)cc1=C(C#N)C#N.c1ccc2c(c1)[nH]c1c3ccccc3[nH]c21. The number of fused-ring (bicyclic) bond motifs is 5. The maximum absolute atomic E-state index is 8.85. The minimum Gasteiger partial charge on any atom is -0.353 e. The Balaban J connectivity index is 0.000000161. The molecule has 0 aliphatic carbocycles. The molecule has 160 valence electrons. The number of nitriles is 4. The van der Waals surface area contributed by atoms with Gasteiger partial charge in [-0.2, -0.15) is 21.0 Å². The van der Waals surface area contributed by atoms with Crippen LogP contribution in [-0.4, -0.2) is 9.97 Å². The second-order valence-electron chi connectivity index (χ2n) is 7.77. The number of nitrogens with one attached hydrogen (secondary N) is 2. The predicted molar refractivity (Wildman–Crippen MR) is 132 cm³/mol. The Labute approximate surface area is 195 Å². The second-order valence-corrected chi connectivity index (χ2v) is 7.77. The standard InChI is InChI=1S/C14H8N4.C14H10N2/c1-9-3-14(12(7-17)8-18)10(2)4-13(9)11(5-15)6-16;1-3-7-11-9(5-1)13-14(15-11)10-6-2-4-8-12(10)16-13/h3-4H,1-2H3;1-8,15-16H. The van der Waals surface area contributed by atoms with Crippen LogP contribution in [0.2, 0.25) is 0 Å². The molecular formula is C28H18N6. The van der Waals surface area contributed by atoms with Gasteiger partial charge in [0.1, 0.15) is 35.4 Å². The summed E-state index contributed by atoms with van der Waals surface area (Å²) in [6.45, 7) is 3.47. The summed E-state index contributed by atoms with van der Waals surface area (Å²) in [7, 11) is 0. The monoisotopic (exact) mass is 438 g/mol. The molecule has 5 aromatic rings. The van der Waals surface area contributed by atoms with Crippen molar-refractivity contribution in [3.63, 3.8) is 0 Å². The van der Waals surface area contributed by atoms with Crippen molar-refractivity contribution < 1.29 is 0 Å². The zero-order valence-electron chi connectivity index (χ0n) is 18.6. The molecule has 0 fully saturated rings. The molecule has 34 heavy (non-hydrogen) atoms. The van der Waals surface area contributed by atoms with Gasteiger partial charge in [-0.15, -0.1) is 0 Å². The largest absolute Gasteiger partial charge is 0.353 e. The van der Waals surface area contributed by atoms with Crippen molar-refractivity contribution in [3.8, 4) is 24.3 Å². The fourth-order valence-corrected chi connectivity index (χ4v) is 4.06. The van der Waals surface area contributed by atoms with Gasteiger partial charge in [0.25, 0.3) is 0 Å². The van der Waals surface area contributed by atoms with Gasteiger partial charge in [-0.3, -0.25) is 0 Å². The lowest BCUT2D eigenvalue weighted by atomic mass is 10.0. The lowest BCUT2D eigenvalue weighted by molar-refractivity contribution is 1.29. The lowest BCUT2D eigenvalue weighted by Crippen LogP contribution is -2.19. The summed E-state index contributed by atoms with van der Waals surface area (Å²) in [6.07, 6.45) is 0. The van der Waals surface area contributed by atoms with E-state index in [9.17, 15) is 0 Å². The number of rotatable bonds is 0. The lowest BCUT2D eigenvalue weighted by Gasteiger charge is -2.00. The van der Waals surface area contributed by atoms with Gasteiger partial charge in [0.2, 0.25) is 0 Å². The van der Waals surface area contributed by atoms with Gasteiger partial charge < -0.3 is 9.97 Å². The van der Waals surface area contributed by atoms with Gasteiger partial charge in [-0.25, -0.2) is 0 Å². The summed E-state index contributed by atoms with van der Waals surface area (Å²) in [4.78, 5) is 6.94. The van der Waals surface area contributed by atoms with Crippen LogP contribution in [0.5, 0.6) is 0 Å². The van der Waals surface area contributed by atoms with Crippen molar-refractivity contribution in [3.05, 3.63) is 82.2 Å². The molecule has 2 N–H and O–H groups in total. The Morgan fingerprint density at radius 1 is 0.588 bits per heavy atom. The molecule has 0 saturated heterocycles. The zero-order chi connectivity index (χ0) is 24.2. The Morgan fingerprint density at radius 3 is 1.29 bits per heavy atom. The van der Waals surface area contributed by atoms with Gasteiger partial charge in [0, 0.05) is 32.2 Å². The van der Waals surface area contributed by atoms with Crippen molar-refractivity contribution in [2.24, 2.45) is 0 Å². The number of aromatic nitrogens is 2. The van der Waals surface area contributed by atoms with E-state index in [1.165, 1.54) is 32.8 Å². The Kier molecular flexibility index (Phi) is 5.84. The molecule has 5 rings (SSSR count). The average molecular weight is 438 g/mol.